The van der Waals surface area contributed by atoms with Crippen LogP contribution in [0.25, 0.3) is 11.2 Å². The number of imidazole rings is 1. The number of nitrogens with zero attached hydrogens (tertiary/aromatic N) is 5. The molecule has 0 radical (unpaired) electrons. The summed E-state index contributed by atoms with van der Waals surface area (Å²) in [5, 5.41) is 3.33. The zero-order chi connectivity index (χ0) is 17.9. The number of nitrogens with two attached hydrogens (primary N) is 1. The Morgan fingerprint density at radius 2 is 2.12 bits per heavy atom. The van der Waals surface area contributed by atoms with Crippen LogP contribution in [0.5, 0.6) is 0 Å². The van der Waals surface area contributed by atoms with Gasteiger partial charge in [0.25, 0.3) is 0 Å². The van der Waals surface area contributed by atoms with E-state index in [1.165, 1.54) is 6.33 Å². The summed E-state index contributed by atoms with van der Waals surface area (Å²) in [7, 11) is 0. The van der Waals surface area contributed by atoms with Crippen LogP contribution < -0.4 is 16.0 Å². The molecule has 0 bridgehead atoms. The average Bonchev–Trinajstić information content (AvgIpc) is 3.16. The number of piperidine rings is 1. The van der Waals surface area contributed by atoms with E-state index in [9.17, 15) is 4.79 Å². The minimum Gasteiger partial charge on any atom is -0.369 e. The molecule has 0 unspecified atom stereocenters. The van der Waals surface area contributed by atoms with Crippen LogP contribution in [0.15, 0.2) is 31.0 Å². The van der Waals surface area contributed by atoms with Crippen LogP contribution >= 0.6 is 0 Å². The summed E-state index contributed by atoms with van der Waals surface area (Å²) in [6, 6.07) is 3.96. The Labute approximate surface area is 150 Å². The highest BCUT2D eigenvalue weighted by molar-refractivity contribution is 5.82. The molecule has 9 heteroatoms. The number of pyridine rings is 1. The van der Waals surface area contributed by atoms with E-state index in [1.807, 2.05) is 12.1 Å². The van der Waals surface area contributed by atoms with E-state index in [1.54, 1.807) is 12.5 Å². The quantitative estimate of drug-likeness (QED) is 0.627. The van der Waals surface area contributed by atoms with Crippen LogP contribution in [0.4, 0.5) is 11.6 Å². The standard InChI is InChI=1S/C17H20N8O/c18-14(26)11-3-6-25(7-4-11)17-12(2-1-5-19-17)8-20-15-13-16(22-9-21-13)24-10-23-15/h1-2,5,9-11H,3-4,6-8H2,(H2,18,26)(H2,20,21,22,23,24). The highest BCUT2D eigenvalue weighted by atomic mass is 16.1. The Morgan fingerprint density at radius 1 is 1.27 bits per heavy atom. The first kappa shape index (κ1) is 16.2. The van der Waals surface area contributed by atoms with E-state index in [0.717, 1.165) is 42.8 Å². The van der Waals surface area contributed by atoms with Crippen molar-refractivity contribution in [3.05, 3.63) is 36.5 Å². The van der Waals surface area contributed by atoms with Gasteiger partial charge in [-0.05, 0) is 18.9 Å². The lowest BCUT2D eigenvalue weighted by Crippen LogP contribution is -2.39. The molecular formula is C17H20N8O. The third kappa shape index (κ3) is 3.15. The van der Waals surface area contributed by atoms with E-state index < -0.39 is 0 Å². The molecule has 0 atom stereocenters. The molecule has 0 aromatic carbocycles. The highest BCUT2D eigenvalue weighted by Crippen LogP contribution is 2.25. The highest BCUT2D eigenvalue weighted by Gasteiger charge is 2.25. The number of carbonyl (C=O) groups excluding carboxylic acids is 1. The summed E-state index contributed by atoms with van der Waals surface area (Å²) in [5.41, 5.74) is 7.90. The van der Waals surface area contributed by atoms with E-state index in [0.29, 0.717) is 18.0 Å². The number of aromatic amines is 1. The van der Waals surface area contributed by atoms with Crippen molar-refractivity contribution in [3.8, 4) is 0 Å². The summed E-state index contributed by atoms with van der Waals surface area (Å²) < 4.78 is 0. The maximum Gasteiger partial charge on any atom is 0.220 e. The number of aromatic nitrogens is 5. The van der Waals surface area contributed by atoms with Crippen molar-refractivity contribution >= 4 is 28.7 Å². The predicted octanol–water partition coefficient (Wildman–Crippen LogP) is 1.06. The van der Waals surface area contributed by atoms with E-state index in [4.69, 9.17) is 5.73 Å². The first-order valence-corrected chi connectivity index (χ1v) is 8.58. The van der Waals surface area contributed by atoms with Gasteiger partial charge in [-0.25, -0.2) is 19.9 Å². The molecule has 4 heterocycles. The molecule has 1 saturated heterocycles. The third-order valence-electron chi connectivity index (χ3n) is 4.73. The monoisotopic (exact) mass is 352 g/mol. The Hall–Kier alpha value is -3.23. The molecule has 134 valence electrons. The number of H-pyrrole nitrogens is 1. The van der Waals surface area contributed by atoms with Crippen molar-refractivity contribution in [2.24, 2.45) is 11.7 Å². The SMILES string of the molecule is NC(=O)C1CCN(c2ncccc2CNc2ncnc3nc[nH]c23)CC1. The minimum atomic E-state index is -0.208. The van der Waals surface area contributed by atoms with Crippen molar-refractivity contribution in [1.29, 1.82) is 0 Å². The summed E-state index contributed by atoms with van der Waals surface area (Å²) in [6.07, 6.45) is 6.41. The van der Waals surface area contributed by atoms with Crippen molar-refractivity contribution < 1.29 is 4.79 Å². The molecule has 3 aromatic rings. The summed E-state index contributed by atoms with van der Waals surface area (Å²) in [6.45, 7) is 2.12. The number of hydrogen-bond acceptors (Lipinski definition) is 7. The lowest BCUT2D eigenvalue weighted by Gasteiger charge is -2.32. The van der Waals surface area contributed by atoms with E-state index in [-0.39, 0.29) is 11.8 Å². The number of hydrogen-bond donors (Lipinski definition) is 3. The number of rotatable bonds is 5. The second-order valence-electron chi connectivity index (χ2n) is 6.33. The van der Waals surface area contributed by atoms with Gasteiger partial charge in [-0.15, -0.1) is 0 Å². The minimum absolute atomic E-state index is 0.0359. The number of primary amides is 1. The van der Waals surface area contributed by atoms with Gasteiger partial charge in [0.15, 0.2) is 11.5 Å². The molecule has 0 spiro atoms. The lowest BCUT2D eigenvalue weighted by atomic mass is 9.96. The molecular weight excluding hydrogens is 332 g/mol. The second-order valence-corrected chi connectivity index (χ2v) is 6.33. The molecule has 4 N–H and O–H groups in total. The van der Waals surface area contributed by atoms with Crippen molar-refractivity contribution in [2.45, 2.75) is 19.4 Å². The van der Waals surface area contributed by atoms with E-state index >= 15 is 0 Å². The van der Waals surface area contributed by atoms with Gasteiger partial charge >= 0.3 is 0 Å². The van der Waals surface area contributed by atoms with Gasteiger partial charge in [0.1, 0.15) is 17.7 Å². The molecule has 9 nitrogen and oxygen atoms in total. The fourth-order valence-corrected chi connectivity index (χ4v) is 3.31. The van der Waals surface area contributed by atoms with Crippen molar-refractivity contribution in [2.75, 3.05) is 23.3 Å². The molecule has 0 aliphatic carbocycles. The average molecular weight is 352 g/mol. The maximum atomic E-state index is 11.4. The van der Waals surface area contributed by atoms with Gasteiger partial charge < -0.3 is 20.9 Å². The summed E-state index contributed by atoms with van der Waals surface area (Å²) in [5.74, 6) is 1.39. The Morgan fingerprint density at radius 3 is 2.92 bits per heavy atom. The molecule has 1 aliphatic rings. The van der Waals surface area contributed by atoms with Crippen LogP contribution in [0.1, 0.15) is 18.4 Å². The molecule has 1 fully saturated rings. The van der Waals surface area contributed by atoms with Gasteiger partial charge in [0.05, 0.1) is 6.33 Å². The number of anilines is 2. The third-order valence-corrected chi connectivity index (χ3v) is 4.73. The molecule has 4 rings (SSSR count). The number of amides is 1. The van der Waals surface area contributed by atoms with Crippen molar-refractivity contribution in [1.82, 2.24) is 24.9 Å². The molecule has 1 aliphatic heterocycles. The lowest BCUT2D eigenvalue weighted by molar-refractivity contribution is -0.122. The second kappa shape index (κ2) is 6.95. The fourth-order valence-electron chi connectivity index (χ4n) is 3.31. The number of carbonyl (C=O) groups is 1. The molecule has 0 saturated carbocycles. The topological polar surface area (TPSA) is 126 Å². The Balaban J connectivity index is 1.50. The normalized spacial score (nSPS) is 15.3. The van der Waals surface area contributed by atoms with Crippen LogP contribution in [0.3, 0.4) is 0 Å². The van der Waals surface area contributed by atoms with Crippen LogP contribution in [-0.4, -0.2) is 43.9 Å². The zero-order valence-electron chi connectivity index (χ0n) is 14.2. The summed E-state index contributed by atoms with van der Waals surface area (Å²) in [4.78, 5) is 33.7. The van der Waals surface area contributed by atoms with Gasteiger partial charge in [-0.1, -0.05) is 6.07 Å². The van der Waals surface area contributed by atoms with Gasteiger partial charge in [-0.2, -0.15) is 0 Å². The smallest absolute Gasteiger partial charge is 0.220 e. The predicted molar refractivity (Wildman–Crippen MR) is 97.4 cm³/mol. The number of fused-ring (bicyclic) bond motifs is 1. The first-order chi connectivity index (χ1) is 12.7. The number of nitrogens with one attached hydrogen (secondary N) is 2. The Bertz CT molecular complexity index is 916. The van der Waals surface area contributed by atoms with Gasteiger partial charge in [0.2, 0.25) is 5.91 Å². The van der Waals surface area contributed by atoms with Crippen molar-refractivity contribution in [3.63, 3.8) is 0 Å². The summed E-state index contributed by atoms with van der Waals surface area (Å²) >= 11 is 0. The largest absolute Gasteiger partial charge is 0.369 e. The van der Waals surface area contributed by atoms with Crippen LogP contribution in [0.2, 0.25) is 0 Å². The Kier molecular flexibility index (Phi) is 4.34. The fraction of sp³-hybridized carbons (Fsp3) is 0.353. The van der Waals surface area contributed by atoms with Gasteiger partial charge in [-0.3, -0.25) is 4.79 Å². The first-order valence-electron chi connectivity index (χ1n) is 8.58. The zero-order valence-corrected chi connectivity index (χ0v) is 14.2. The van der Waals surface area contributed by atoms with Crippen LogP contribution in [-0.2, 0) is 11.3 Å². The van der Waals surface area contributed by atoms with Gasteiger partial charge in [0, 0.05) is 37.3 Å². The molecule has 26 heavy (non-hydrogen) atoms. The van der Waals surface area contributed by atoms with E-state index in [2.05, 4.69) is 35.1 Å². The molecule has 3 aromatic heterocycles. The van der Waals surface area contributed by atoms with Crippen LogP contribution in [0, 0.1) is 5.92 Å². The maximum absolute atomic E-state index is 11.4. The molecule has 1 amide bonds.